The van der Waals surface area contributed by atoms with Crippen LogP contribution in [0.3, 0.4) is 0 Å². The quantitative estimate of drug-likeness (QED) is 0.863. The van der Waals surface area contributed by atoms with Gasteiger partial charge in [-0.2, -0.15) is 5.10 Å². The van der Waals surface area contributed by atoms with Crippen LogP contribution in [-0.2, 0) is 6.54 Å². The van der Waals surface area contributed by atoms with E-state index in [-0.39, 0.29) is 0 Å². The minimum Gasteiger partial charge on any atom is -0.399 e. The minimum absolute atomic E-state index is 0.637. The average molecular weight is 287 g/mol. The van der Waals surface area contributed by atoms with Crippen LogP contribution >= 0.6 is 27.5 Å². The molecule has 0 atom stereocenters. The molecule has 1 aromatic heterocycles. The van der Waals surface area contributed by atoms with Crippen LogP contribution in [0.4, 0.5) is 5.69 Å². The molecule has 0 spiro atoms. The van der Waals surface area contributed by atoms with E-state index in [0.717, 1.165) is 15.7 Å². The van der Waals surface area contributed by atoms with Crippen LogP contribution < -0.4 is 5.73 Å². The monoisotopic (exact) mass is 285 g/mol. The number of nitrogens with zero attached hydrogens (tertiary/aromatic N) is 2. The van der Waals surface area contributed by atoms with Crippen molar-refractivity contribution in [3.05, 3.63) is 45.7 Å². The fourth-order valence-corrected chi connectivity index (χ4v) is 2.09. The van der Waals surface area contributed by atoms with E-state index in [9.17, 15) is 0 Å². The Labute approximate surface area is 101 Å². The van der Waals surface area contributed by atoms with Crippen molar-refractivity contribution in [2.24, 2.45) is 0 Å². The van der Waals surface area contributed by atoms with E-state index < -0.39 is 0 Å². The van der Waals surface area contributed by atoms with Crippen molar-refractivity contribution in [1.29, 1.82) is 0 Å². The molecule has 0 saturated heterocycles. The molecule has 0 aliphatic carbocycles. The molecule has 0 aliphatic heterocycles. The second-order valence-electron chi connectivity index (χ2n) is 3.25. The lowest BCUT2D eigenvalue weighted by molar-refractivity contribution is 0.687. The summed E-state index contributed by atoms with van der Waals surface area (Å²) < 4.78 is 2.74. The summed E-state index contributed by atoms with van der Waals surface area (Å²) in [6, 6.07) is 5.78. The predicted molar refractivity (Wildman–Crippen MR) is 64.9 cm³/mol. The van der Waals surface area contributed by atoms with Crippen molar-refractivity contribution in [3.8, 4) is 0 Å². The van der Waals surface area contributed by atoms with Crippen LogP contribution in [0.5, 0.6) is 0 Å². The Balaban J connectivity index is 2.24. The highest BCUT2D eigenvalue weighted by Gasteiger charge is 2.00. The third-order valence-corrected chi connectivity index (χ3v) is 2.58. The van der Waals surface area contributed by atoms with E-state index in [0.29, 0.717) is 11.6 Å². The van der Waals surface area contributed by atoms with Crippen LogP contribution in [0, 0.1) is 0 Å². The van der Waals surface area contributed by atoms with Crippen LogP contribution in [0.25, 0.3) is 0 Å². The van der Waals surface area contributed by atoms with Gasteiger partial charge < -0.3 is 5.73 Å². The molecular weight excluding hydrogens is 277 g/mol. The lowest BCUT2D eigenvalue weighted by Gasteiger charge is -2.04. The first-order valence-corrected chi connectivity index (χ1v) is 5.53. The van der Waals surface area contributed by atoms with Crippen LogP contribution in [0.1, 0.15) is 5.56 Å². The SMILES string of the molecule is Nc1cc(Br)cc(Cn2cc(Cl)cn2)c1. The molecule has 0 saturated carbocycles. The van der Waals surface area contributed by atoms with Gasteiger partial charge in [-0.25, -0.2) is 0 Å². The van der Waals surface area contributed by atoms with E-state index in [1.54, 1.807) is 17.1 Å². The molecule has 15 heavy (non-hydrogen) atoms. The fraction of sp³-hybridized carbons (Fsp3) is 0.100. The topological polar surface area (TPSA) is 43.8 Å². The Morgan fingerprint density at radius 3 is 2.80 bits per heavy atom. The zero-order chi connectivity index (χ0) is 10.8. The molecule has 0 unspecified atom stereocenters. The Morgan fingerprint density at radius 2 is 2.20 bits per heavy atom. The normalized spacial score (nSPS) is 10.5. The highest BCUT2D eigenvalue weighted by Crippen LogP contribution is 2.18. The molecule has 3 nitrogen and oxygen atoms in total. The van der Waals surface area contributed by atoms with Gasteiger partial charge in [-0.05, 0) is 23.8 Å². The zero-order valence-electron chi connectivity index (χ0n) is 7.82. The second kappa shape index (κ2) is 4.24. The smallest absolute Gasteiger partial charge is 0.0785 e. The van der Waals surface area contributed by atoms with Crippen molar-refractivity contribution in [3.63, 3.8) is 0 Å². The summed E-state index contributed by atoms with van der Waals surface area (Å²) in [5.41, 5.74) is 7.55. The van der Waals surface area contributed by atoms with Gasteiger partial charge in [0.25, 0.3) is 0 Å². The molecular formula is C10H9BrClN3. The Morgan fingerprint density at radius 1 is 1.40 bits per heavy atom. The number of halogens is 2. The molecule has 0 radical (unpaired) electrons. The van der Waals surface area contributed by atoms with Gasteiger partial charge in [0.2, 0.25) is 0 Å². The lowest BCUT2D eigenvalue weighted by Crippen LogP contribution is -2.00. The molecule has 2 rings (SSSR count). The van der Waals surface area contributed by atoms with E-state index >= 15 is 0 Å². The van der Waals surface area contributed by atoms with Crippen LogP contribution in [0.2, 0.25) is 5.02 Å². The standard InChI is InChI=1S/C10H9BrClN3/c11-8-1-7(2-10(13)3-8)5-15-6-9(12)4-14-15/h1-4,6H,5,13H2. The minimum atomic E-state index is 0.637. The van der Waals surface area contributed by atoms with E-state index in [4.69, 9.17) is 17.3 Å². The fourth-order valence-electron chi connectivity index (χ4n) is 1.38. The summed E-state index contributed by atoms with van der Waals surface area (Å²) >= 11 is 9.17. The Bertz CT molecular complexity index is 461. The molecule has 78 valence electrons. The van der Waals surface area contributed by atoms with Crippen molar-refractivity contribution in [1.82, 2.24) is 9.78 Å². The maximum absolute atomic E-state index is 5.77. The summed E-state index contributed by atoms with van der Waals surface area (Å²) in [4.78, 5) is 0. The zero-order valence-corrected chi connectivity index (χ0v) is 10.2. The van der Waals surface area contributed by atoms with E-state index in [1.807, 2.05) is 18.2 Å². The highest BCUT2D eigenvalue weighted by molar-refractivity contribution is 9.10. The number of hydrogen-bond acceptors (Lipinski definition) is 2. The predicted octanol–water partition coefficient (Wildman–Crippen LogP) is 2.93. The number of anilines is 1. The van der Waals surface area contributed by atoms with Crippen LogP contribution in [-0.4, -0.2) is 9.78 Å². The summed E-state index contributed by atoms with van der Waals surface area (Å²) in [6.45, 7) is 0.663. The largest absolute Gasteiger partial charge is 0.399 e. The van der Waals surface area contributed by atoms with E-state index in [2.05, 4.69) is 21.0 Å². The Hall–Kier alpha value is -1.00. The van der Waals surface area contributed by atoms with Gasteiger partial charge >= 0.3 is 0 Å². The first kappa shape index (κ1) is 10.5. The molecule has 0 bridgehead atoms. The molecule has 0 fully saturated rings. The summed E-state index contributed by atoms with van der Waals surface area (Å²) in [5.74, 6) is 0. The molecule has 0 aliphatic rings. The van der Waals surface area contributed by atoms with E-state index in [1.165, 1.54) is 0 Å². The number of hydrogen-bond donors (Lipinski definition) is 1. The van der Waals surface area contributed by atoms with Crippen LogP contribution in [0.15, 0.2) is 35.1 Å². The Kier molecular flexibility index (Phi) is 2.98. The third kappa shape index (κ3) is 2.73. The average Bonchev–Trinajstić information content (AvgIpc) is 2.49. The van der Waals surface area contributed by atoms with Gasteiger partial charge in [0.15, 0.2) is 0 Å². The molecule has 1 heterocycles. The van der Waals surface area contributed by atoms with Gasteiger partial charge in [-0.3, -0.25) is 4.68 Å². The maximum atomic E-state index is 5.77. The summed E-state index contributed by atoms with van der Waals surface area (Å²) in [7, 11) is 0. The number of benzene rings is 1. The number of nitrogens with two attached hydrogens (primary N) is 1. The van der Waals surface area contributed by atoms with Gasteiger partial charge in [0, 0.05) is 16.4 Å². The first-order chi connectivity index (χ1) is 7.13. The number of aromatic nitrogens is 2. The lowest BCUT2D eigenvalue weighted by atomic mass is 10.2. The highest BCUT2D eigenvalue weighted by atomic mass is 79.9. The van der Waals surface area contributed by atoms with Gasteiger partial charge in [0.05, 0.1) is 17.8 Å². The molecule has 2 N–H and O–H groups in total. The van der Waals surface area contributed by atoms with Gasteiger partial charge in [0.1, 0.15) is 0 Å². The molecule has 1 aromatic carbocycles. The van der Waals surface area contributed by atoms with Gasteiger partial charge in [-0.1, -0.05) is 27.5 Å². The number of rotatable bonds is 2. The summed E-state index contributed by atoms with van der Waals surface area (Å²) in [6.07, 6.45) is 3.39. The second-order valence-corrected chi connectivity index (χ2v) is 4.60. The van der Waals surface area contributed by atoms with Crippen molar-refractivity contribution >= 4 is 33.2 Å². The van der Waals surface area contributed by atoms with Crippen molar-refractivity contribution < 1.29 is 0 Å². The first-order valence-electron chi connectivity index (χ1n) is 4.36. The molecule has 5 heteroatoms. The van der Waals surface area contributed by atoms with Crippen molar-refractivity contribution in [2.45, 2.75) is 6.54 Å². The van der Waals surface area contributed by atoms with Gasteiger partial charge in [-0.15, -0.1) is 0 Å². The van der Waals surface area contributed by atoms with Crippen molar-refractivity contribution in [2.75, 3.05) is 5.73 Å². The maximum Gasteiger partial charge on any atom is 0.0785 e. The summed E-state index contributed by atoms with van der Waals surface area (Å²) in [5, 5.41) is 4.74. The molecule has 0 amide bonds. The number of nitrogen functional groups attached to an aromatic ring is 1. The third-order valence-electron chi connectivity index (χ3n) is 1.93. The molecule has 2 aromatic rings.